The number of halogens is 2. The molecule has 0 radical (unpaired) electrons. The standard InChI is InChI=1S/C18H27Cl2N3OS/c1-3-25(24)14-7-4-6-13(12-14)23-18(21-2)22-11-10-15-16(19)8-5-9-17(15)20/h5,8-9,13-14H,3-4,6-7,10-12H2,1-2H3,(H2,21,22,23). The highest BCUT2D eigenvalue weighted by Gasteiger charge is 2.26. The van der Waals surface area contributed by atoms with Gasteiger partial charge in [0.1, 0.15) is 0 Å². The van der Waals surface area contributed by atoms with Crippen molar-refractivity contribution in [2.24, 2.45) is 4.99 Å². The number of hydrogen-bond donors (Lipinski definition) is 2. The van der Waals surface area contributed by atoms with Gasteiger partial charge >= 0.3 is 0 Å². The van der Waals surface area contributed by atoms with Crippen LogP contribution in [0.15, 0.2) is 23.2 Å². The Hall–Kier alpha value is -0.780. The van der Waals surface area contributed by atoms with Crippen molar-refractivity contribution in [2.45, 2.75) is 50.3 Å². The molecule has 1 aliphatic carbocycles. The third-order valence-electron chi connectivity index (χ3n) is 4.58. The summed E-state index contributed by atoms with van der Waals surface area (Å²) in [7, 11) is 1.05. The number of nitrogens with one attached hydrogen (secondary N) is 2. The lowest BCUT2D eigenvalue weighted by atomic mass is 9.95. The molecule has 1 aromatic carbocycles. The van der Waals surface area contributed by atoms with E-state index in [2.05, 4.69) is 15.6 Å². The average Bonchev–Trinajstić information content (AvgIpc) is 2.62. The first-order valence-electron chi connectivity index (χ1n) is 8.82. The highest BCUT2D eigenvalue weighted by molar-refractivity contribution is 7.85. The molecule has 0 bridgehead atoms. The predicted octanol–water partition coefficient (Wildman–Crippen LogP) is 3.78. The summed E-state index contributed by atoms with van der Waals surface area (Å²) < 4.78 is 12.1. The molecule has 1 aromatic rings. The molecule has 140 valence electrons. The molecule has 0 heterocycles. The van der Waals surface area contributed by atoms with Gasteiger partial charge in [-0.25, -0.2) is 0 Å². The van der Waals surface area contributed by atoms with Gasteiger partial charge in [0.15, 0.2) is 5.96 Å². The molecular weight excluding hydrogens is 377 g/mol. The van der Waals surface area contributed by atoms with Gasteiger partial charge in [0, 0.05) is 51.5 Å². The summed E-state index contributed by atoms with van der Waals surface area (Å²) in [6.07, 6.45) is 4.94. The van der Waals surface area contributed by atoms with Crippen LogP contribution in [0.2, 0.25) is 10.0 Å². The Kier molecular flexibility index (Phi) is 8.53. The Bertz CT molecular complexity index is 604. The van der Waals surface area contributed by atoms with E-state index in [1.807, 2.05) is 25.1 Å². The minimum atomic E-state index is -0.716. The van der Waals surface area contributed by atoms with Crippen LogP contribution in [0.5, 0.6) is 0 Å². The SMILES string of the molecule is CCS(=O)C1CCCC(NC(=NC)NCCc2c(Cl)cccc2Cl)C1. The maximum Gasteiger partial charge on any atom is 0.191 e. The molecule has 3 atom stereocenters. The number of rotatable bonds is 6. The van der Waals surface area contributed by atoms with Gasteiger partial charge < -0.3 is 10.6 Å². The fraction of sp³-hybridized carbons (Fsp3) is 0.611. The zero-order valence-corrected chi connectivity index (χ0v) is 17.2. The van der Waals surface area contributed by atoms with Crippen LogP contribution in [0.1, 0.15) is 38.2 Å². The Balaban J connectivity index is 1.83. The van der Waals surface area contributed by atoms with Gasteiger partial charge in [-0.2, -0.15) is 0 Å². The highest BCUT2D eigenvalue weighted by atomic mass is 35.5. The normalized spacial score (nSPS) is 22.5. The molecule has 4 nitrogen and oxygen atoms in total. The van der Waals surface area contributed by atoms with Gasteiger partial charge in [0.05, 0.1) is 0 Å². The summed E-state index contributed by atoms with van der Waals surface area (Å²) in [4.78, 5) is 4.30. The second-order valence-corrected chi connectivity index (χ2v) is 9.07. The van der Waals surface area contributed by atoms with Crippen molar-refractivity contribution in [3.63, 3.8) is 0 Å². The van der Waals surface area contributed by atoms with Crippen molar-refractivity contribution in [3.05, 3.63) is 33.8 Å². The maximum absolute atomic E-state index is 12.1. The van der Waals surface area contributed by atoms with Gasteiger partial charge in [-0.15, -0.1) is 0 Å². The van der Waals surface area contributed by atoms with E-state index in [0.717, 1.165) is 49.4 Å². The van der Waals surface area contributed by atoms with Crippen LogP contribution < -0.4 is 10.6 Å². The first-order chi connectivity index (χ1) is 12.0. The van der Waals surface area contributed by atoms with Crippen molar-refractivity contribution in [1.29, 1.82) is 0 Å². The summed E-state index contributed by atoms with van der Waals surface area (Å²) >= 11 is 12.4. The van der Waals surface area contributed by atoms with Gasteiger partial charge in [-0.1, -0.05) is 42.6 Å². The molecule has 2 rings (SSSR count). The van der Waals surface area contributed by atoms with Gasteiger partial charge in [0.2, 0.25) is 0 Å². The predicted molar refractivity (Wildman–Crippen MR) is 109 cm³/mol. The third kappa shape index (κ3) is 6.15. The molecule has 0 aromatic heterocycles. The molecule has 0 saturated heterocycles. The molecule has 1 fully saturated rings. The molecule has 1 aliphatic rings. The van der Waals surface area contributed by atoms with E-state index in [1.54, 1.807) is 7.05 Å². The smallest absolute Gasteiger partial charge is 0.191 e. The van der Waals surface area contributed by atoms with Crippen molar-refractivity contribution in [2.75, 3.05) is 19.3 Å². The number of guanidine groups is 1. The fourth-order valence-corrected chi connectivity index (χ4v) is 5.15. The van der Waals surface area contributed by atoms with Crippen LogP contribution in [0.25, 0.3) is 0 Å². The van der Waals surface area contributed by atoms with E-state index in [9.17, 15) is 4.21 Å². The molecule has 3 unspecified atom stereocenters. The molecule has 0 spiro atoms. The van der Waals surface area contributed by atoms with Crippen molar-refractivity contribution in [3.8, 4) is 0 Å². The Morgan fingerprint density at radius 3 is 2.68 bits per heavy atom. The number of hydrogen-bond acceptors (Lipinski definition) is 2. The molecule has 1 saturated carbocycles. The molecular formula is C18H27Cl2N3OS. The zero-order chi connectivity index (χ0) is 18.2. The average molecular weight is 404 g/mol. The largest absolute Gasteiger partial charge is 0.356 e. The molecule has 0 aliphatic heterocycles. The van der Waals surface area contributed by atoms with Crippen LogP contribution in [-0.2, 0) is 17.2 Å². The lowest BCUT2D eigenvalue weighted by molar-refractivity contribution is 0.413. The number of nitrogens with zero attached hydrogens (tertiary/aromatic N) is 1. The van der Waals surface area contributed by atoms with Crippen LogP contribution in [0.3, 0.4) is 0 Å². The number of aliphatic imine (C=N–C) groups is 1. The van der Waals surface area contributed by atoms with Crippen molar-refractivity contribution in [1.82, 2.24) is 10.6 Å². The summed E-state index contributed by atoms with van der Waals surface area (Å²) in [5.41, 5.74) is 0.949. The molecule has 2 N–H and O–H groups in total. The first kappa shape index (κ1) is 20.5. The second kappa shape index (κ2) is 10.4. The maximum atomic E-state index is 12.1. The van der Waals surface area contributed by atoms with E-state index in [0.29, 0.717) is 27.9 Å². The summed E-state index contributed by atoms with van der Waals surface area (Å²) in [6.45, 7) is 2.69. The Morgan fingerprint density at radius 1 is 1.32 bits per heavy atom. The first-order valence-corrected chi connectivity index (χ1v) is 11.0. The zero-order valence-electron chi connectivity index (χ0n) is 14.9. The lowest BCUT2D eigenvalue weighted by Gasteiger charge is -2.30. The van der Waals surface area contributed by atoms with E-state index < -0.39 is 10.8 Å². The molecule has 7 heteroatoms. The fourth-order valence-electron chi connectivity index (χ4n) is 3.22. The van der Waals surface area contributed by atoms with E-state index in [1.165, 1.54) is 0 Å². The third-order valence-corrected chi connectivity index (χ3v) is 7.02. The van der Waals surface area contributed by atoms with Crippen LogP contribution in [-0.4, -0.2) is 40.8 Å². The Labute approximate surface area is 163 Å². The quantitative estimate of drug-likeness (QED) is 0.561. The minimum absolute atomic E-state index is 0.302. The van der Waals surface area contributed by atoms with Gasteiger partial charge in [-0.3, -0.25) is 9.20 Å². The van der Waals surface area contributed by atoms with Gasteiger partial charge in [0.25, 0.3) is 0 Å². The highest BCUT2D eigenvalue weighted by Crippen LogP contribution is 2.24. The lowest BCUT2D eigenvalue weighted by Crippen LogP contribution is -2.47. The van der Waals surface area contributed by atoms with Crippen LogP contribution in [0, 0.1) is 0 Å². The van der Waals surface area contributed by atoms with Crippen molar-refractivity contribution < 1.29 is 4.21 Å². The van der Waals surface area contributed by atoms with Crippen LogP contribution in [0.4, 0.5) is 0 Å². The van der Waals surface area contributed by atoms with E-state index in [-0.39, 0.29) is 0 Å². The monoisotopic (exact) mass is 403 g/mol. The summed E-state index contributed by atoms with van der Waals surface area (Å²) in [5.74, 6) is 1.51. The Morgan fingerprint density at radius 2 is 2.04 bits per heavy atom. The summed E-state index contributed by atoms with van der Waals surface area (Å²) in [5, 5.41) is 8.47. The van der Waals surface area contributed by atoms with E-state index in [4.69, 9.17) is 23.2 Å². The summed E-state index contributed by atoms with van der Waals surface area (Å²) in [6, 6.07) is 5.88. The molecule has 25 heavy (non-hydrogen) atoms. The van der Waals surface area contributed by atoms with Gasteiger partial charge in [-0.05, 0) is 43.4 Å². The topological polar surface area (TPSA) is 53.5 Å². The second-order valence-electron chi connectivity index (χ2n) is 6.25. The van der Waals surface area contributed by atoms with E-state index >= 15 is 0 Å². The van der Waals surface area contributed by atoms with Crippen molar-refractivity contribution >= 4 is 40.0 Å². The molecule has 0 amide bonds. The van der Waals surface area contributed by atoms with Crippen LogP contribution >= 0.6 is 23.2 Å². The minimum Gasteiger partial charge on any atom is -0.356 e. The number of benzene rings is 1.